The molecule has 110 valence electrons. The van der Waals surface area contributed by atoms with Crippen molar-refractivity contribution in [1.82, 2.24) is 5.32 Å². The third-order valence-corrected chi connectivity index (χ3v) is 3.05. The first-order chi connectivity index (χ1) is 9.97. The molecule has 1 aromatic carbocycles. The molecule has 0 spiro atoms. The molecule has 0 fully saturated rings. The van der Waals surface area contributed by atoms with Gasteiger partial charge in [-0.25, -0.2) is 4.79 Å². The van der Waals surface area contributed by atoms with Gasteiger partial charge < -0.3 is 14.8 Å². The van der Waals surface area contributed by atoms with Gasteiger partial charge in [-0.1, -0.05) is 18.2 Å². The van der Waals surface area contributed by atoms with Gasteiger partial charge in [-0.05, 0) is 25.5 Å². The van der Waals surface area contributed by atoms with Crippen LogP contribution in [0.5, 0.6) is 0 Å². The second-order valence-corrected chi connectivity index (χ2v) is 4.79. The summed E-state index contributed by atoms with van der Waals surface area (Å²) >= 11 is 0. The zero-order valence-corrected chi connectivity index (χ0v) is 11.5. The smallest absolute Gasteiger partial charge is 0.349 e. The molecule has 0 aliphatic carbocycles. The summed E-state index contributed by atoms with van der Waals surface area (Å²) in [5, 5.41) is 11.8. The predicted molar refractivity (Wildman–Crippen MR) is 76.3 cm³/mol. The number of para-hydroxylation sites is 1. The SMILES string of the molecule is CC(CCC(=O)O)NC(=O)c1cc2ccccc2oc1=O. The molecular weight excluding hydrogens is 274 g/mol. The van der Waals surface area contributed by atoms with Crippen LogP contribution in [0.2, 0.25) is 0 Å². The van der Waals surface area contributed by atoms with Crippen LogP contribution in [0.4, 0.5) is 0 Å². The van der Waals surface area contributed by atoms with E-state index in [2.05, 4.69) is 5.32 Å². The standard InChI is InChI=1S/C15H15NO5/c1-9(6-7-13(17)18)16-14(19)11-8-10-4-2-3-5-12(10)21-15(11)20/h2-5,8-9H,6-7H2,1H3,(H,16,19)(H,17,18). The summed E-state index contributed by atoms with van der Waals surface area (Å²) in [5.74, 6) is -1.49. The van der Waals surface area contributed by atoms with E-state index in [0.717, 1.165) is 0 Å². The fraction of sp³-hybridized carbons (Fsp3) is 0.267. The lowest BCUT2D eigenvalue weighted by molar-refractivity contribution is -0.137. The normalized spacial score (nSPS) is 12.0. The van der Waals surface area contributed by atoms with Crippen molar-refractivity contribution in [2.45, 2.75) is 25.8 Å². The van der Waals surface area contributed by atoms with Gasteiger partial charge in [-0.15, -0.1) is 0 Å². The first kappa shape index (κ1) is 14.8. The van der Waals surface area contributed by atoms with Crippen LogP contribution < -0.4 is 10.9 Å². The molecule has 2 rings (SSSR count). The first-order valence-corrected chi connectivity index (χ1v) is 6.53. The topological polar surface area (TPSA) is 96.6 Å². The van der Waals surface area contributed by atoms with Gasteiger partial charge in [0, 0.05) is 17.8 Å². The molecule has 1 heterocycles. The Morgan fingerprint density at radius 3 is 2.76 bits per heavy atom. The minimum Gasteiger partial charge on any atom is -0.481 e. The Hall–Kier alpha value is -2.63. The van der Waals surface area contributed by atoms with E-state index in [1.165, 1.54) is 6.07 Å². The van der Waals surface area contributed by atoms with Crippen LogP contribution in [0.1, 0.15) is 30.1 Å². The summed E-state index contributed by atoms with van der Waals surface area (Å²) in [6.45, 7) is 1.68. The number of benzene rings is 1. The van der Waals surface area contributed by atoms with E-state index < -0.39 is 17.5 Å². The lowest BCUT2D eigenvalue weighted by Crippen LogP contribution is -2.35. The Kier molecular flexibility index (Phi) is 4.37. The molecule has 1 amide bonds. The lowest BCUT2D eigenvalue weighted by atomic mass is 10.1. The van der Waals surface area contributed by atoms with Crippen molar-refractivity contribution in [2.75, 3.05) is 0 Å². The number of carboxylic acids is 1. The Morgan fingerprint density at radius 2 is 2.05 bits per heavy atom. The highest BCUT2D eigenvalue weighted by molar-refractivity contribution is 5.96. The average molecular weight is 289 g/mol. The largest absolute Gasteiger partial charge is 0.481 e. The third-order valence-electron chi connectivity index (χ3n) is 3.05. The molecule has 1 atom stereocenters. The monoisotopic (exact) mass is 289 g/mol. The van der Waals surface area contributed by atoms with Gasteiger partial charge in [-0.3, -0.25) is 9.59 Å². The number of carbonyl (C=O) groups is 2. The van der Waals surface area contributed by atoms with Gasteiger partial charge in [-0.2, -0.15) is 0 Å². The summed E-state index contributed by atoms with van der Waals surface area (Å²) in [4.78, 5) is 34.3. The van der Waals surface area contributed by atoms with Crippen molar-refractivity contribution in [3.05, 3.63) is 46.3 Å². The summed E-state index contributed by atoms with van der Waals surface area (Å²) in [5.41, 5.74) is -0.384. The highest BCUT2D eigenvalue weighted by atomic mass is 16.4. The van der Waals surface area contributed by atoms with Crippen molar-refractivity contribution < 1.29 is 19.1 Å². The molecule has 0 saturated carbocycles. The number of aliphatic carboxylic acids is 1. The van der Waals surface area contributed by atoms with Crippen LogP contribution in [0, 0.1) is 0 Å². The molecular formula is C15H15NO5. The van der Waals surface area contributed by atoms with Crippen LogP contribution in [0.15, 0.2) is 39.5 Å². The molecule has 0 radical (unpaired) electrons. The molecule has 1 unspecified atom stereocenters. The molecule has 6 nitrogen and oxygen atoms in total. The average Bonchev–Trinajstić information content (AvgIpc) is 2.44. The second-order valence-electron chi connectivity index (χ2n) is 4.79. The zero-order chi connectivity index (χ0) is 15.4. The second kappa shape index (κ2) is 6.21. The number of nitrogens with one attached hydrogen (secondary N) is 1. The third kappa shape index (κ3) is 3.68. The van der Waals surface area contributed by atoms with Gasteiger partial charge in [0.15, 0.2) is 0 Å². The molecule has 0 bridgehead atoms. The number of carboxylic acid groups (broad SMARTS) is 1. The molecule has 6 heteroatoms. The highest BCUT2D eigenvalue weighted by Crippen LogP contribution is 2.12. The van der Waals surface area contributed by atoms with Gasteiger partial charge in [0.2, 0.25) is 0 Å². The Balaban J connectivity index is 2.17. The first-order valence-electron chi connectivity index (χ1n) is 6.53. The van der Waals surface area contributed by atoms with Crippen LogP contribution in [-0.4, -0.2) is 23.0 Å². The summed E-state index contributed by atoms with van der Waals surface area (Å²) in [6.07, 6.45) is 0.244. The van der Waals surface area contributed by atoms with E-state index in [1.807, 2.05) is 0 Å². The maximum absolute atomic E-state index is 12.0. The van der Waals surface area contributed by atoms with Crippen molar-refractivity contribution in [2.24, 2.45) is 0 Å². The highest BCUT2D eigenvalue weighted by Gasteiger charge is 2.16. The zero-order valence-electron chi connectivity index (χ0n) is 11.5. The van der Waals surface area contributed by atoms with E-state index in [9.17, 15) is 14.4 Å². The van der Waals surface area contributed by atoms with Gasteiger partial charge in [0.1, 0.15) is 11.1 Å². The Bertz CT molecular complexity index is 734. The van der Waals surface area contributed by atoms with E-state index in [-0.39, 0.29) is 18.0 Å². The van der Waals surface area contributed by atoms with Crippen molar-refractivity contribution in [1.29, 1.82) is 0 Å². The van der Waals surface area contributed by atoms with E-state index >= 15 is 0 Å². The van der Waals surface area contributed by atoms with Crippen LogP contribution in [0.25, 0.3) is 11.0 Å². The number of carbonyl (C=O) groups excluding carboxylic acids is 1. The van der Waals surface area contributed by atoms with Gasteiger partial charge in [0.25, 0.3) is 5.91 Å². The lowest BCUT2D eigenvalue weighted by Gasteiger charge is -2.12. The number of hydrogen-bond donors (Lipinski definition) is 2. The van der Waals surface area contributed by atoms with E-state index in [0.29, 0.717) is 17.4 Å². The van der Waals surface area contributed by atoms with E-state index in [4.69, 9.17) is 9.52 Å². The predicted octanol–water partition coefficient (Wildman–Crippen LogP) is 1.78. The van der Waals surface area contributed by atoms with Crippen LogP contribution in [-0.2, 0) is 4.79 Å². The van der Waals surface area contributed by atoms with Crippen molar-refractivity contribution >= 4 is 22.8 Å². The fourth-order valence-corrected chi connectivity index (χ4v) is 1.93. The molecule has 0 saturated heterocycles. The number of fused-ring (bicyclic) bond motifs is 1. The van der Waals surface area contributed by atoms with Crippen LogP contribution in [0.3, 0.4) is 0 Å². The minimum absolute atomic E-state index is 0.0478. The minimum atomic E-state index is -0.929. The van der Waals surface area contributed by atoms with Crippen molar-refractivity contribution in [3.8, 4) is 0 Å². The quantitative estimate of drug-likeness (QED) is 0.818. The molecule has 21 heavy (non-hydrogen) atoms. The number of hydrogen-bond acceptors (Lipinski definition) is 4. The summed E-state index contributed by atoms with van der Waals surface area (Å²) in [7, 11) is 0. The molecule has 0 aliphatic rings. The van der Waals surface area contributed by atoms with Crippen LogP contribution >= 0.6 is 0 Å². The maximum Gasteiger partial charge on any atom is 0.349 e. The fourth-order valence-electron chi connectivity index (χ4n) is 1.93. The van der Waals surface area contributed by atoms with Gasteiger partial charge >= 0.3 is 11.6 Å². The summed E-state index contributed by atoms with van der Waals surface area (Å²) in [6, 6.07) is 8.02. The molecule has 2 N–H and O–H groups in total. The maximum atomic E-state index is 12.0. The van der Waals surface area contributed by atoms with Crippen molar-refractivity contribution in [3.63, 3.8) is 0 Å². The van der Waals surface area contributed by atoms with Gasteiger partial charge in [0.05, 0.1) is 0 Å². The number of rotatable bonds is 5. The molecule has 2 aromatic rings. The molecule has 0 aliphatic heterocycles. The Labute approximate surface area is 120 Å². The van der Waals surface area contributed by atoms with E-state index in [1.54, 1.807) is 31.2 Å². The molecule has 1 aromatic heterocycles. The Morgan fingerprint density at radius 1 is 1.33 bits per heavy atom. The summed E-state index contributed by atoms with van der Waals surface area (Å²) < 4.78 is 5.08. The number of amides is 1.